The van der Waals surface area contributed by atoms with Crippen LogP contribution < -0.4 is 20.2 Å². The maximum Gasteiger partial charge on any atom is 0.261 e. The zero-order valence-corrected chi connectivity index (χ0v) is 21.0. The second-order valence-electron chi connectivity index (χ2n) is 8.60. The van der Waals surface area contributed by atoms with Crippen molar-refractivity contribution in [2.75, 3.05) is 12.4 Å². The highest BCUT2D eigenvalue weighted by Crippen LogP contribution is 2.29. The lowest BCUT2D eigenvalue weighted by molar-refractivity contribution is 0.102. The third-order valence-electron chi connectivity index (χ3n) is 6.13. The van der Waals surface area contributed by atoms with Gasteiger partial charge in [0.05, 0.1) is 36.7 Å². The van der Waals surface area contributed by atoms with Crippen molar-refractivity contribution in [1.29, 1.82) is 0 Å². The molecule has 5 aromatic rings. The third-order valence-corrected chi connectivity index (χ3v) is 6.13. The van der Waals surface area contributed by atoms with Gasteiger partial charge >= 0.3 is 0 Å². The molecule has 0 unspecified atom stereocenters. The number of carbonyl (C=O) groups excluding carboxylic acids is 1. The van der Waals surface area contributed by atoms with Crippen molar-refractivity contribution in [2.45, 2.75) is 6.61 Å². The highest BCUT2D eigenvalue weighted by atomic mass is 19.1. The minimum atomic E-state index is -0.629. The Hall–Kier alpha value is -5.09. The normalized spacial score (nSPS) is 10.9. The predicted molar refractivity (Wildman–Crippen MR) is 144 cm³/mol. The topological polar surface area (TPSA) is 116 Å². The Morgan fingerprint density at radius 1 is 1.05 bits per heavy atom. The summed E-state index contributed by atoms with van der Waals surface area (Å²) in [4.78, 5) is 35.1. The van der Waals surface area contributed by atoms with Crippen LogP contribution in [-0.2, 0) is 13.7 Å². The van der Waals surface area contributed by atoms with Crippen molar-refractivity contribution in [1.82, 2.24) is 14.5 Å². The molecule has 3 heterocycles. The molecule has 0 saturated carbocycles. The molecule has 2 aromatic carbocycles. The van der Waals surface area contributed by atoms with Gasteiger partial charge < -0.3 is 24.5 Å². The molecule has 0 aliphatic carbocycles. The molecule has 39 heavy (non-hydrogen) atoms. The van der Waals surface area contributed by atoms with E-state index < -0.39 is 23.8 Å². The quantitative estimate of drug-likeness (QED) is 0.316. The molecule has 9 nitrogen and oxygen atoms in total. The van der Waals surface area contributed by atoms with Crippen molar-refractivity contribution in [2.24, 2.45) is 7.05 Å². The number of carbonyl (C=O) groups is 1. The van der Waals surface area contributed by atoms with Crippen molar-refractivity contribution >= 4 is 22.6 Å². The molecule has 0 saturated heterocycles. The second-order valence-corrected chi connectivity index (χ2v) is 8.60. The monoisotopic (exact) mass is 526 g/mol. The summed E-state index contributed by atoms with van der Waals surface area (Å²) in [6.07, 6.45) is 4.55. The Bertz CT molecular complexity index is 1730. The zero-order valence-electron chi connectivity index (χ0n) is 21.0. The summed E-state index contributed by atoms with van der Waals surface area (Å²) in [5.74, 6) is 0.490. The van der Waals surface area contributed by atoms with Gasteiger partial charge in [-0.3, -0.25) is 14.6 Å². The van der Waals surface area contributed by atoms with E-state index in [2.05, 4.69) is 15.3 Å². The van der Waals surface area contributed by atoms with E-state index in [-0.39, 0.29) is 11.1 Å². The first-order valence-electron chi connectivity index (χ1n) is 11.8. The van der Waals surface area contributed by atoms with E-state index in [1.165, 1.54) is 35.0 Å². The Balaban J connectivity index is 1.38. The van der Waals surface area contributed by atoms with E-state index >= 15 is 0 Å². The molecule has 0 bridgehead atoms. The SMILES string of the molecule is COc1cnc2c(Oc3ccc(NC(=O)c4cn(C)c(CO)c(-c5ccc(F)cc5)c4=O)cc3)ccnc2c1. The number of halogens is 1. The van der Waals surface area contributed by atoms with Crippen LogP contribution in [0.1, 0.15) is 16.1 Å². The van der Waals surface area contributed by atoms with Gasteiger partial charge in [-0.2, -0.15) is 0 Å². The molecule has 5 rings (SSSR count). The molecule has 0 aliphatic heterocycles. The molecular weight excluding hydrogens is 503 g/mol. The van der Waals surface area contributed by atoms with Crippen LogP contribution >= 0.6 is 0 Å². The Morgan fingerprint density at radius 3 is 2.49 bits per heavy atom. The highest BCUT2D eigenvalue weighted by Gasteiger charge is 2.20. The summed E-state index contributed by atoms with van der Waals surface area (Å²) in [7, 11) is 3.17. The lowest BCUT2D eigenvalue weighted by atomic mass is 10.0. The summed E-state index contributed by atoms with van der Waals surface area (Å²) in [6, 6.07) is 15.4. The van der Waals surface area contributed by atoms with Crippen LogP contribution in [0.5, 0.6) is 17.2 Å². The molecule has 0 aliphatic rings. The van der Waals surface area contributed by atoms with Crippen LogP contribution in [-0.4, -0.2) is 32.7 Å². The molecule has 0 radical (unpaired) electrons. The molecule has 0 atom stereocenters. The summed E-state index contributed by atoms with van der Waals surface area (Å²) in [5.41, 5.74) is 1.75. The van der Waals surface area contributed by atoms with E-state index in [0.29, 0.717) is 45.2 Å². The van der Waals surface area contributed by atoms with Crippen molar-refractivity contribution in [3.8, 4) is 28.4 Å². The van der Waals surface area contributed by atoms with Crippen LogP contribution in [0.15, 0.2) is 84.0 Å². The first-order chi connectivity index (χ1) is 18.9. The Kier molecular flexibility index (Phi) is 7.02. The fourth-order valence-electron chi connectivity index (χ4n) is 4.15. The molecule has 196 valence electrons. The number of aromatic nitrogens is 3. The van der Waals surface area contributed by atoms with Gasteiger partial charge in [0.25, 0.3) is 5.91 Å². The lowest BCUT2D eigenvalue weighted by Gasteiger charge is -2.15. The molecule has 0 fully saturated rings. The molecule has 3 aromatic heterocycles. The number of nitrogens with zero attached hydrogens (tertiary/aromatic N) is 3. The van der Waals surface area contributed by atoms with Crippen LogP contribution in [0.2, 0.25) is 0 Å². The molecule has 1 amide bonds. The van der Waals surface area contributed by atoms with Crippen LogP contribution in [0.4, 0.5) is 10.1 Å². The molecule has 0 spiro atoms. The third kappa shape index (κ3) is 5.18. The number of methoxy groups -OCH3 is 1. The number of ether oxygens (including phenoxy) is 2. The number of anilines is 1. The number of benzene rings is 2. The molecule has 10 heteroatoms. The van der Waals surface area contributed by atoms with Gasteiger partial charge in [0.2, 0.25) is 5.43 Å². The van der Waals surface area contributed by atoms with Gasteiger partial charge in [-0.1, -0.05) is 12.1 Å². The Morgan fingerprint density at radius 2 is 1.79 bits per heavy atom. The maximum absolute atomic E-state index is 13.4. The number of hydrogen-bond donors (Lipinski definition) is 2. The number of hydrogen-bond acceptors (Lipinski definition) is 7. The summed E-state index contributed by atoms with van der Waals surface area (Å²) in [6.45, 7) is -0.433. The van der Waals surface area contributed by atoms with E-state index in [9.17, 15) is 19.1 Å². The van der Waals surface area contributed by atoms with Crippen LogP contribution in [0, 0.1) is 5.82 Å². The van der Waals surface area contributed by atoms with Gasteiger partial charge in [0.15, 0.2) is 5.75 Å². The number of rotatable bonds is 7. The number of amides is 1. The number of aryl methyl sites for hydroxylation is 1. The van der Waals surface area contributed by atoms with Crippen LogP contribution in [0.25, 0.3) is 22.2 Å². The molecule has 2 N–H and O–H groups in total. The number of fused-ring (bicyclic) bond motifs is 1. The first-order valence-corrected chi connectivity index (χ1v) is 11.8. The summed E-state index contributed by atoms with van der Waals surface area (Å²) in [5, 5.41) is 12.6. The van der Waals surface area contributed by atoms with E-state index in [4.69, 9.17) is 9.47 Å². The van der Waals surface area contributed by atoms with Gasteiger partial charge in [0, 0.05) is 37.3 Å². The summed E-state index contributed by atoms with van der Waals surface area (Å²) < 4.78 is 26.1. The van der Waals surface area contributed by atoms with E-state index in [1.807, 2.05) is 0 Å². The summed E-state index contributed by atoms with van der Waals surface area (Å²) >= 11 is 0. The smallest absolute Gasteiger partial charge is 0.261 e. The standard InChI is InChI=1S/C29H23FN4O5/c1-34-15-22(28(36)26(24(34)16-35)17-3-5-18(30)6-4-17)29(37)33-19-7-9-20(10-8-19)39-25-11-12-31-23-13-21(38-2)14-32-27(23)25/h3-15,35H,16H2,1-2H3,(H,33,37). The van der Waals surface area contributed by atoms with Crippen LogP contribution in [0.3, 0.4) is 0 Å². The number of aliphatic hydroxyl groups excluding tert-OH is 1. The van der Waals surface area contributed by atoms with Gasteiger partial charge in [-0.15, -0.1) is 0 Å². The maximum atomic E-state index is 13.4. The molecular formula is C29H23FN4O5. The number of nitrogens with one attached hydrogen (secondary N) is 1. The fourth-order valence-corrected chi connectivity index (χ4v) is 4.15. The van der Waals surface area contributed by atoms with Gasteiger partial charge in [-0.25, -0.2) is 9.37 Å². The highest BCUT2D eigenvalue weighted by molar-refractivity contribution is 6.04. The first kappa shape index (κ1) is 25.6. The number of pyridine rings is 3. The van der Waals surface area contributed by atoms with Gasteiger partial charge in [-0.05, 0) is 42.0 Å². The van der Waals surface area contributed by atoms with Crippen molar-refractivity contribution < 1.29 is 23.8 Å². The predicted octanol–water partition coefficient (Wildman–Crippen LogP) is 4.68. The zero-order chi connectivity index (χ0) is 27.5. The van der Waals surface area contributed by atoms with E-state index in [0.717, 1.165) is 0 Å². The minimum absolute atomic E-state index is 0.126. The Labute approximate surface area is 222 Å². The van der Waals surface area contributed by atoms with Gasteiger partial charge in [0.1, 0.15) is 28.4 Å². The fraction of sp³-hybridized carbons (Fsp3) is 0.103. The second kappa shape index (κ2) is 10.7. The largest absolute Gasteiger partial charge is 0.495 e. The average Bonchev–Trinajstić information content (AvgIpc) is 2.95. The lowest BCUT2D eigenvalue weighted by Crippen LogP contribution is -2.26. The minimum Gasteiger partial charge on any atom is -0.495 e. The van der Waals surface area contributed by atoms with E-state index in [1.54, 1.807) is 62.9 Å². The van der Waals surface area contributed by atoms with Crippen molar-refractivity contribution in [3.63, 3.8) is 0 Å². The average molecular weight is 527 g/mol. The number of aliphatic hydroxyl groups is 1. The van der Waals surface area contributed by atoms with Crippen molar-refractivity contribution in [3.05, 3.63) is 107 Å².